The molecular weight excluding hydrogens is 161 g/mol. The average Bonchev–Trinajstić information content (AvgIpc) is 2.17. The van der Waals surface area contributed by atoms with Gasteiger partial charge < -0.3 is 5.32 Å². The predicted molar refractivity (Wildman–Crippen MR) is 45.1 cm³/mol. The van der Waals surface area contributed by atoms with Crippen LogP contribution in [0, 0.1) is 0 Å². The molecule has 0 aromatic rings. The van der Waals surface area contributed by atoms with Gasteiger partial charge in [0.15, 0.2) is 0 Å². The molecule has 0 spiro atoms. The molecule has 0 fully saturated rings. The summed E-state index contributed by atoms with van der Waals surface area (Å²) in [6.45, 7) is 0.845. The Morgan fingerprint density at radius 3 is 3.00 bits per heavy atom. The van der Waals surface area contributed by atoms with Crippen molar-refractivity contribution in [1.82, 2.24) is 0 Å². The molecule has 1 aliphatic rings. The zero-order valence-electron chi connectivity index (χ0n) is 7.25. The number of nitrogens with zero attached hydrogens (tertiary/aromatic N) is 1. The molecule has 0 amide bonds. The van der Waals surface area contributed by atoms with Crippen LogP contribution in [-0.2, 0) is 0 Å². The van der Waals surface area contributed by atoms with Crippen LogP contribution in [0.5, 0.6) is 0 Å². The summed E-state index contributed by atoms with van der Waals surface area (Å²) in [6, 6.07) is 0. The summed E-state index contributed by atoms with van der Waals surface area (Å²) in [7, 11) is 1.84. The SMILES string of the molecule is C[N-]CC1=CCC=CC=C1.[K+]. The van der Waals surface area contributed by atoms with Gasteiger partial charge in [-0.15, -0.1) is 6.54 Å². The minimum atomic E-state index is 0. The van der Waals surface area contributed by atoms with Crippen LogP contribution in [-0.4, -0.2) is 13.6 Å². The molecule has 11 heavy (non-hydrogen) atoms. The minimum absolute atomic E-state index is 0. The van der Waals surface area contributed by atoms with E-state index in [0.717, 1.165) is 13.0 Å². The molecule has 0 atom stereocenters. The molecular formula is C9H12KN. The van der Waals surface area contributed by atoms with Gasteiger partial charge in [0.2, 0.25) is 0 Å². The summed E-state index contributed by atoms with van der Waals surface area (Å²) < 4.78 is 0. The number of rotatable bonds is 2. The molecule has 0 saturated heterocycles. The molecule has 0 bridgehead atoms. The van der Waals surface area contributed by atoms with E-state index in [2.05, 4.69) is 35.7 Å². The summed E-state index contributed by atoms with van der Waals surface area (Å²) in [6.07, 6.45) is 11.6. The Kier molecular flexibility index (Phi) is 8.02. The second kappa shape index (κ2) is 7.46. The standard InChI is InChI=1S/C9H12N.K/c1-10-8-9-6-4-2-3-5-7-9;/h2-4,6-7H,5,8H2,1H3;/q-1;+1. The number of likely N-dealkylation sites (N-methyl/N-ethyl adjacent to an activating group) is 1. The van der Waals surface area contributed by atoms with Gasteiger partial charge in [-0.2, -0.15) is 7.05 Å². The predicted octanol–water partition coefficient (Wildman–Crippen LogP) is -0.564. The first-order valence-electron chi connectivity index (χ1n) is 3.51. The van der Waals surface area contributed by atoms with Crippen LogP contribution in [0.1, 0.15) is 6.42 Å². The first kappa shape index (κ1) is 11.8. The van der Waals surface area contributed by atoms with E-state index in [9.17, 15) is 0 Å². The summed E-state index contributed by atoms with van der Waals surface area (Å²) in [5.74, 6) is 0. The second-order valence-electron chi connectivity index (χ2n) is 2.28. The molecule has 0 saturated carbocycles. The second-order valence-corrected chi connectivity index (χ2v) is 2.28. The van der Waals surface area contributed by atoms with Gasteiger partial charge >= 0.3 is 51.4 Å². The van der Waals surface area contributed by atoms with E-state index in [-0.39, 0.29) is 51.4 Å². The molecule has 1 aliphatic carbocycles. The third kappa shape index (κ3) is 5.12. The number of allylic oxidation sites excluding steroid dienone is 4. The molecule has 1 nitrogen and oxygen atoms in total. The molecule has 2 heteroatoms. The van der Waals surface area contributed by atoms with Gasteiger partial charge in [-0.05, 0) is 6.42 Å². The maximum Gasteiger partial charge on any atom is 1.00 e. The Bertz CT molecular complexity index is 180. The van der Waals surface area contributed by atoms with E-state index in [1.807, 2.05) is 7.05 Å². The van der Waals surface area contributed by atoms with Gasteiger partial charge in [0, 0.05) is 0 Å². The zero-order chi connectivity index (χ0) is 7.23. The van der Waals surface area contributed by atoms with Crippen LogP contribution in [0.15, 0.2) is 36.0 Å². The molecule has 0 N–H and O–H groups in total. The topological polar surface area (TPSA) is 14.1 Å². The van der Waals surface area contributed by atoms with Crippen molar-refractivity contribution in [1.29, 1.82) is 0 Å². The van der Waals surface area contributed by atoms with Gasteiger partial charge in [0.1, 0.15) is 0 Å². The largest absolute Gasteiger partial charge is 1.00 e. The van der Waals surface area contributed by atoms with E-state index >= 15 is 0 Å². The fraction of sp³-hybridized carbons (Fsp3) is 0.333. The van der Waals surface area contributed by atoms with Crippen LogP contribution in [0.4, 0.5) is 0 Å². The summed E-state index contributed by atoms with van der Waals surface area (Å²) >= 11 is 0. The third-order valence-electron chi connectivity index (χ3n) is 1.41. The normalized spacial score (nSPS) is 15.2. The fourth-order valence-electron chi connectivity index (χ4n) is 0.924. The molecule has 0 aromatic heterocycles. The van der Waals surface area contributed by atoms with Gasteiger partial charge in [0.25, 0.3) is 0 Å². The Hall–Kier alpha value is 0.816. The Morgan fingerprint density at radius 2 is 2.27 bits per heavy atom. The molecule has 0 unspecified atom stereocenters. The zero-order valence-corrected chi connectivity index (χ0v) is 10.4. The van der Waals surface area contributed by atoms with Crippen molar-refractivity contribution in [3.63, 3.8) is 0 Å². The van der Waals surface area contributed by atoms with Crippen molar-refractivity contribution >= 4 is 0 Å². The van der Waals surface area contributed by atoms with Crippen LogP contribution in [0.25, 0.3) is 5.32 Å². The Labute approximate surface area is 111 Å². The summed E-state index contributed by atoms with van der Waals surface area (Å²) in [5, 5.41) is 4.05. The van der Waals surface area contributed by atoms with E-state index in [4.69, 9.17) is 0 Å². The first-order chi connectivity index (χ1) is 4.93. The maximum atomic E-state index is 4.05. The van der Waals surface area contributed by atoms with Crippen LogP contribution in [0.2, 0.25) is 0 Å². The third-order valence-corrected chi connectivity index (χ3v) is 1.41. The minimum Gasteiger partial charge on any atom is -0.661 e. The summed E-state index contributed by atoms with van der Waals surface area (Å²) in [4.78, 5) is 0. The van der Waals surface area contributed by atoms with E-state index in [1.165, 1.54) is 5.57 Å². The van der Waals surface area contributed by atoms with Crippen LogP contribution >= 0.6 is 0 Å². The molecule has 0 heterocycles. The molecule has 54 valence electrons. The van der Waals surface area contributed by atoms with Crippen molar-refractivity contribution in [2.75, 3.05) is 13.6 Å². The monoisotopic (exact) mass is 173 g/mol. The van der Waals surface area contributed by atoms with Crippen molar-refractivity contribution in [2.45, 2.75) is 6.42 Å². The smallest absolute Gasteiger partial charge is 0.661 e. The fourth-order valence-corrected chi connectivity index (χ4v) is 0.924. The van der Waals surface area contributed by atoms with E-state index in [1.54, 1.807) is 0 Å². The summed E-state index contributed by atoms with van der Waals surface area (Å²) in [5.41, 5.74) is 1.31. The van der Waals surface area contributed by atoms with E-state index < -0.39 is 0 Å². The Balaban J connectivity index is 0.000001000. The Morgan fingerprint density at radius 1 is 1.45 bits per heavy atom. The van der Waals surface area contributed by atoms with Gasteiger partial charge in [-0.25, -0.2) is 0 Å². The number of hydrogen-bond donors (Lipinski definition) is 0. The van der Waals surface area contributed by atoms with Gasteiger partial charge in [-0.1, -0.05) is 36.0 Å². The van der Waals surface area contributed by atoms with Crippen molar-refractivity contribution in [3.05, 3.63) is 41.3 Å². The van der Waals surface area contributed by atoms with Crippen LogP contribution in [0.3, 0.4) is 0 Å². The quantitative estimate of drug-likeness (QED) is 0.497. The molecule has 1 rings (SSSR count). The van der Waals surface area contributed by atoms with Gasteiger partial charge in [-0.3, -0.25) is 0 Å². The molecule has 0 radical (unpaired) electrons. The maximum absolute atomic E-state index is 4.05. The van der Waals surface area contributed by atoms with Crippen molar-refractivity contribution < 1.29 is 51.4 Å². The average molecular weight is 173 g/mol. The van der Waals surface area contributed by atoms with Crippen LogP contribution < -0.4 is 51.4 Å². The van der Waals surface area contributed by atoms with Crippen molar-refractivity contribution in [3.8, 4) is 0 Å². The number of hydrogen-bond acceptors (Lipinski definition) is 0. The molecule has 0 aromatic carbocycles. The van der Waals surface area contributed by atoms with Crippen molar-refractivity contribution in [2.24, 2.45) is 0 Å². The van der Waals surface area contributed by atoms with Gasteiger partial charge in [0.05, 0.1) is 0 Å². The molecule has 0 aliphatic heterocycles. The first-order valence-corrected chi connectivity index (χ1v) is 3.51. The van der Waals surface area contributed by atoms with E-state index in [0.29, 0.717) is 0 Å².